The number of aldehydes is 1. The molecule has 0 unspecified atom stereocenters. The van der Waals surface area contributed by atoms with Gasteiger partial charge in [0.15, 0.2) is 12.6 Å². The summed E-state index contributed by atoms with van der Waals surface area (Å²) in [5.74, 6) is 0. The van der Waals surface area contributed by atoms with Crippen LogP contribution in [0.2, 0.25) is 0 Å². The van der Waals surface area contributed by atoms with Crippen LogP contribution in [0.5, 0.6) is 0 Å². The molecule has 0 spiro atoms. The molecule has 1 aliphatic rings. The second kappa shape index (κ2) is 8.94. The Morgan fingerprint density at radius 3 is 2.13 bits per heavy atom. The molecule has 23 heavy (non-hydrogen) atoms. The van der Waals surface area contributed by atoms with Gasteiger partial charge in [-0.2, -0.15) is 0 Å². The zero-order valence-corrected chi connectivity index (χ0v) is 12.0. The van der Waals surface area contributed by atoms with Crippen molar-refractivity contribution >= 4 is 6.29 Å². The van der Waals surface area contributed by atoms with Crippen LogP contribution in [0.1, 0.15) is 0 Å². The monoisotopic (exact) mass is 342 g/mol. The largest absolute Gasteiger partial charge is 0.394 e. The van der Waals surface area contributed by atoms with E-state index in [9.17, 15) is 35.4 Å². The van der Waals surface area contributed by atoms with Crippen molar-refractivity contribution in [1.82, 2.24) is 0 Å². The topological polar surface area (TPSA) is 197 Å². The molecule has 0 aromatic heterocycles. The van der Waals surface area contributed by atoms with Crippen LogP contribution in [0, 0.1) is 0 Å². The van der Waals surface area contributed by atoms with E-state index >= 15 is 0 Å². The highest BCUT2D eigenvalue weighted by Crippen LogP contribution is 2.27. The number of ether oxygens (including phenoxy) is 2. The third-order valence-corrected chi connectivity index (χ3v) is 3.51. The molecule has 0 amide bonds. The Labute approximate surface area is 130 Å². The first-order chi connectivity index (χ1) is 10.8. The molecule has 1 aliphatic heterocycles. The van der Waals surface area contributed by atoms with Crippen LogP contribution >= 0.6 is 0 Å². The van der Waals surface area contributed by atoms with E-state index in [1.807, 2.05) is 0 Å². The molecule has 11 nitrogen and oxygen atoms in total. The molecule has 0 aromatic rings. The summed E-state index contributed by atoms with van der Waals surface area (Å²) >= 11 is 0. The molecule has 0 saturated carbocycles. The van der Waals surface area contributed by atoms with Crippen LogP contribution in [0.15, 0.2) is 0 Å². The lowest BCUT2D eigenvalue weighted by atomic mass is 10.0. The lowest BCUT2D eigenvalue weighted by Crippen LogP contribution is -2.51. The second-order valence-corrected chi connectivity index (χ2v) is 5.17. The number of rotatable bonds is 9. The van der Waals surface area contributed by atoms with E-state index in [1.54, 1.807) is 0 Å². The zero-order valence-electron chi connectivity index (χ0n) is 12.0. The highest BCUT2D eigenvalue weighted by atomic mass is 16.7. The van der Waals surface area contributed by atoms with Crippen molar-refractivity contribution < 1.29 is 55.1 Å². The summed E-state index contributed by atoms with van der Waals surface area (Å²) in [5, 5.41) is 75.3. The Kier molecular flexibility index (Phi) is 7.89. The molecule has 0 bridgehead atoms. The summed E-state index contributed by atoms with van der Waals surface area (Å²) in [6.45, 7) is -1.66. The van der Waals surface area contributed by atoms with Gasteiger partial charge in [-0.05, 0) is 0 Å². The van der Waals surface area contributed by atoms with E-state index in [0.29, 0.717) is 0 Å². The zero-order chi connectivity index (χ0) is 17.7. The van der Waals surface area contributed by atoms with Gasteiger partial charge in [0.05, 0.1) is 13.2 Å². The highest BCUT2D eigenvalue weighted by Gasteiger charge is 2.48. The van der Waals surface area contributed by atoms with E-state index in [1.165, 1.54) is 0 Å². The molecule has 0 aliphatic carbocycles. The van der Waals surface area contributed by atoms with Crippen molar-refractivity contribution in [3.63, 3.8) is 0 Å². The summed E-state index contributed by atoms with van der Waals surface area (Å²) in [4.78, 5) is 10.7. The van der Waals surface area contributed by atoms with Crippen molar-refractivity contribution in [1.29, 1.82) is 0 Å². The van der Waals surface area contributed by atoms with E-state index in [-0.39, 0.29) is 6.29 Å². The van der Waals surface area contributed by atoms with Gasteiger partial charge >= 0.3 is 0 Å². The van der Waals surface area contributed by atoms with Gasteiger partial charge in [-0.25, -0.2) is 0 Å². The first kappa shape index (κ1) is 20.3. The summed E-state index contributed by atoms with van der Waals surface area (Å²) in [7, 11) is 0. The molecule has 11 heteroatoms. The number of aliphatic hydroxyl groups excluding tert-OH is 8. The minimum Gasteiger partial charge on any atom is -0.394 e. The van der Waals surface area contributed by atoms with Gasteiger partial charge < -0.3 is 55.1 Å². The van der Waals surface area contributed by atoms with Crippen LogP contribution in [0.25, 0.3) is 0 Å². The minimum atomic E-state index is -1.93. The lowest BCUT2D eigenvalue weighted by molar-refractivity contribution is -0.242. The Bertz CT molecular complexity index is 367. The molecule has 1 fully saturated rings. The normalized spacial score (nSPS) is 34.6. The molecule has 0 aromatic carbocycles. The summed E-state index contributed by atoms with van der Waals surface area (Å²) in [6.07, 6.45) is -15.4. The number of carbonyl (C=O) groups excluding carboxylic acids is 1. The molecular formula is C12H22O11. The van der Waals surface area contributed by atoms with Crippen molar-refractivity contribution in [3.05, 3.63) is 0 Å². The first-order valence-electron chi connectivity index (χ1n) is 6.84. The Hall–Kier alpha value is -0.730. The van der Waals surface area contributed by atoms with Gasteiger partial charge in [-0.15, -0.1) is 0 Å². The van der Waals surface area contributed by atoms with Gasteiger partial charge in [0, 0.05) is 0 Å². The minimum absolute atomic E-state index is 0.00417. The quantitative estimate of drug-likeness (QED) is 0.186. The number of carbonyl (C=O) groups is 1. The fraction of sp³-hybridized carbons (Fsp3) is 0.917. The van der Waals surface area contributed by atoms with Gasteiger partial charge in [0.25, 0.3) is 0 Å². The fourth-order valence-corrected chi connectivity index (χ4v) is 2.13. The molecule has 1 heterocycles. The van der Waals surface area contributed by atoms with Crippen LogP contribution < -0.4 is 0 Å². The summed E-state index contributed by atoms with van der Waals surface area (Å²) in [5.41, 5.74) is 0. The maximum atomic E-state index is 10.7. The third-order valence-electron chi connectivity index (χ3n) is 3.51. The highest BCUT2D eigenvalue weighted by molar-refractivity contribution is 5.56. The average Bonchev–Trinajstić information content (AvgIpc) is 2.85. The smallest absolute Gasteiger partial charge is 0.187 e. The van der Waals surface area contributed by atoms with E-state index in [4.69, 9.17) is 19.7 Å². The predicted octanol–water partition coefficient (Wildman–Crippen LogP) is -5.55. The molecular weight excluding hydrogens is 320 g/mol. The van der Waals surface area contributed by atoms with Gasteiger partial charge in [-0.1, -0.05) is 0 Å². The average molecular weight is 342 g/mol. The van der Waals surface area contributed by atoms with Gasteiger partial charge in [0.2, 0.25) is 0 Å². The number of hydrogen-bond donors (Lipinski definition) is 8. The standard InChI is InChI=1S/C12H22O11/c13-1-4(16)7(19)10(5(17)2-14)22-12-9(21)8(20)11(23-12)6(18)3-15/h2,4-13,15-21H,1,3H2/t4-,5+,6-,7+,8-,9-,10-,11+,12-/m1/s1. The predicted molar refractivity (Wildman–Crippen MR) is 69.8 cm³/mol. The lowest BCUT2D eigenvalue weighted by Gasteiger charge is -2.30. The van der Waals surface area contributed by atoms with Gasteiger partial charge in [-0.3, -0.25) is 0 Å². The maximum absolute atomic E-state index is 10.7. The van der Waals surface area contributed by atoms with Crippen LogP contribution in [0.4, 0.5) is 0 Å². The number of hydrogen-bond acceptors (Lipinski definition) is 11. The van der Waals surface area contributed by atoms with Crippen LogP contribution in [0.3, 0.4) is 0 Å². The third kappa shape index (κ3) is 4.64. The summed E-state index contributed by atoms with van der Waals surface area (Å²) in [6, 6.07) is 0. The molecule has 0 radical (unpaired) electrons. The molecule has 9 atom stereocenters. The first-order valence-corrected chi connectivity index (χ1v) is 6.84. The van der Waals surface area contributed by atoms with Crippen molar-refractivity contribution in [2.24, 2.45) is 0 Å². The fourth-order valence-electron chi connectivity index (χ4n) is 2.13. The van der Waals surface area contributed by atoms with E-state index in [0.717, 1.165) is 0 Å². The molecule has 136 valence electrons. The Morgan fingerprint density at radius 1 is 1.04 bits per heavy atom. The Morgan fingerprint density at radius 2 is 1.65 bits per heavy atom. The van der Waals surface area contributed by atoms with Crippen molar-refractivity contribution in [3.8, 4) is 0 Å². The van der Waals surface area contributed by atoms with Gasteiger partial charge in [0.1, 0.15) is 48.8 Å². The van der Waals surface area contributed by atoms with E-state index < -0.39 is 68.3 Å². The molecule has 8 N–H and O–H groups in total. The maximum Gasteiger partial charge on any atom is 0.187 e. The van der Waals surface area contributed by atoms with Crippen LogP contribution in [-0.2, 0) is 14.3 Å². The Balaban J connectivity index is 2.85. The van der Waals surface area contributed by atoms with Crippen LogP contribution in [-0.4, -0.2) is 115 Å². The molecule has 1 rings (SSSR count). The number of aliphatic hydroxyl groups is 8. The van der Waals surface area contributed by atoms with Crippen molar-refractivity contribution in [2.45, 2.75) is 55.1 Å². The summed E-state index contributed by atoms with van der Waals surface area (Å²) < 4.78 is 10.0. The SMILES string of the molecule is O=C[C@H](O)[C@@H](O[C@@H]1O[C@@H]([C@H](O)CO)[C@H](O)[C@H]1O)[C@@H](O)[C@H](O)CO. The van der Waals surface area contributed by atoms with E-state index in [2.05, 4.69) is 0 Å². The molecule has 1 saturated heterocycles. The second-order valence-electron chi connectivity index (χ2n) is 5.17. The van der Waals surface area contributed by atoms with Crippen molar-refractivity contribution in [2.75, 3.05) is 13.2 Å².